The number of amides is 1. The van der Waals surface area contributed by atoms with Crippen LogP contribution < -0.4 is 5.32 Å². The van der Waals surface area contributed by atoms with Crippen LogP contribution in [0.3, 0.4) is 0 Å². The molecule has 0 fully saturated rings. The van der Waals surface area contributed by atoms with Gasteiger partial charge in [0.1, 0.15) is 0 Å². The summed E-state index contributed by atoms with van der Waals surface area (Å²) < 4.78 is 0. The zero-order chi connectivity index (χ0) is 35.2. The van der Waals surface area contributed by atoms with Crippen LogP contribution in [0, 0.1) is 0 Å². The molecule has 1 amide bonds. The van der Waals surface area contributed by atoms with Crippen molar-refractivity contribution in [2.24, 2.45) is 0 Å². The topological polar surface area (TPSA) is 89.8 Å². The maximum absolute atomic E-state index is 12.4. The van der Waals surface area contributed by atoms with Gasteiger partial charge in [-0.3, -0.25) is 4.79 Å². The molecule has 0 rings (SSSR count). The zero-order valence-electron chi connectivity index (χ0n) is 32.1. The number of carbonyl (C=O) groups excluding carboxylic acids is 1. The maximum atomic E-state index is 12.4. The summed E-state index contributed by atoms with van der Waals surface area (Å²) in [6.45, 7) is 4.18. The van der Waals surface area contributed by atoms with Gasteiger partial charge in [-0.15, -0.1) is 0 Å². The van der Waals surface area contributed by atoms with Crippen LogP contribution >= 0.6 is 0 Å². The molecule has 0 saturated heterocycles. The smallest absolute Gasteiger partial charge is 0.222 e. The second kappa shape index (κ2) is 38.6. The van der Waals surface area contributed by atoms with Gasteiger partial charge >= 0.3 is 0 Å². The first-order valence-corrected chi connectivity index (χ1v) is 21.1. The number of aliphatic hydroxyl groups is 3. The summed E-state index contributed by atoms with van der Waals surface area (Å²) in [5.41, 5.74) is 0. The zero-order valence-corrected chi connectivity index (χ0v) is 32.1. The molecule has 0 saturated carbocycles. The van der Waals surface area contributed by atoms with Crippen molar-refractivity contribution in [3.05, 3.63) is 24.3 Å². The Kier molecular flexibility index (Phi) is 37.7. The fourth-order valence-electron chi connectivity index (χ4n) is 6.45. The summed E-state index contributed by atoms with van der Waals surface area (Å²) in [5.74, 6) is -0.319. The average Bonchev–Trinajstić information content (AvgIpc) is 3.08. The third-order valence-corrected chi connectivity index (χ3v) is 9.73. The molecule has 0 aromatic rings. The minimum absolute atomic E-state index is 0.0127. The van der Waals surface area contributed by atoms with E-state index >= 15 is 0 Å². The Balaban J connectivity index is 3.58. The summed E-state index contributed by atoms with van der Waals surface area (Å²) in [6.07, 6.45) is 46.2. The minimum atomic E-state index is -0.925. The van der Waals surface area contributed by atoms with Crippen molar-refractivity contribution < 1.29 is 20.1 Å². The fourth-order valence-corrected chi connectivity index (χ4v) is 6.45. The normalized spacial score (nSPS) is 13.9. The lowest BCUT2D eigenvalue weighted by molar-refractivity contribution is -0.124. The molecule has 0 aliphatic carbocycles. The van der Waals surface area contributed by atoms with Gasteiger partial charge in [-0.1, -0.05) is 192 Å². The quantitative estimate of drug-likeness (QED) is 0.0387. The van der Waals surface area contributed by atoms with Crippen molar-refractivity contribution in [3.8, 4) is 0 Å². The van der Waals surface area contributed by atoms with E-state index in [1.807, 2.05) is 6.08 Å². The van der Waals surface area contributed by atoms with Crippen LogP contribution in [0.25, 0.3) is 0 Å². The summed E-state index contributed by atoms with van der Waals surface area (Å²) in [7, 11) is 0. The largest absolute Gasteiger partial charge is 0.394 e. The van der Waals surface area contributed by atoms with Crippen molar-refractivity contribution in [2.75, 3.05) is 6.61 Å². The van der Waals surface area contributed by atoms with Gasteiger partial charge in [0.25, 0.3) is 0 Å². The number of allylic oxidation sites excluding steroid dienone is 3. The molecule has 5 heteroatoms. The molecule has 0 bridgehead atoms. The van der Waals surface area contributed by atoms with E-state index in [0.717, 1.165) is 25.7 Å². The van der Waals surface area contributed by atoms with Crippen LogP contribution in [0.1, 0.15) is 219 Å². The lowest BCUT2D eigenvalue weighted by Crippen LogP contribution is -2.45. The van der Waals surface area contributed by atoms with E-state index in [4.69, 9.17) is 0 Å². The van der Waals surface area contributed by atoms with E-state index in [9.17, 15) is 20.1 Å². The molecule has 0 aliphatic heterocycles. The van der Waals surface area contributed by atoms with Crippen molar-refractivity contribution in [1.82, 2.24) is 5.32 Å². The standard InChI is InChI=1S/C43H83NO4/c1-3-5-7-9-11-13-14-15-16-17-18-19-20-21-22-23-24-25-26-27-29-30-32-34-36-40(46)38-43(48)44-41(39-45)42(47)37-35-33-31-28-12-10-8-6-4-2/h21-22,35,37,40-42,45-47H,3-20,23-34,36,38-39H2,1-2H3,(H,44,48)/b22-21-,37-35+. The number of rotatable bonds is 38. The van der Waals surface area contributed by atoms with E-state index in [0.29, 0.717) is 6.42 Å². The Labute approximate surface area is 299 Å². The lowest BCUT2D eigenvalue weighted by atomic mass is 10.0. The molecule has 0 aliphatic rings. The van der Waals surface area contributed by atoms with Crippen molar-refractivity contribution in [1.29, 1.82) is 0 Å². The Morgan fingerprint density at radius 3 is 1.27 bits per heavy atom. The molecular formula is C43H83NO4. The van der Waals surface area contributed by atoms with Crippen molar-refractivity contribution in [2.45, 2.75) is 238 Å². The number of nitrogens with one attached hydrogen (secondary N) is 1. The predicted octanol–water partition coefficient (Wildman–Crippen LogP) is 11.8. The first-order valence-electron chi connectivity index (χ1n) is 21.1. The molecule has 48 heavy (non-hydrogen) atoms. The van der Waals surface area contributed by atoms with Crippen LogP contribution in [0.4, 0.5) is 0 Å². The highest BCUT2D eigenvalue weighted by Crippen LogP contribution is 2.15. The van der Waals surface area contributed by atoms with Gasteiger partial charge < -0.3 is 20.6 Å². The maximum Gasteiger partial charge on any atom is 0.222 e. The highest BCUT2D eigenvalue weighted by Gasteiger charge is 2.20. The van der Waals surface area contributed by atoms with Gasteiger partial charge in [0.15, 0.2) is 0 Å². The van der Waals surface area contributed by atoms with Crippen molar-refractivity contribution in [3.63, 3.8) is 0 Å². The molecular weight excluding hydrogens is 594 g/mol. The Bertz CT molecular complexity index is 709. The minimum Gasteiger partial charge on any atom is -0.394 e. The third kappa shape index (κ3) is 34.7. The van der Waals surface area contributed by atoms with Gasteiger partial charge in [0.2, 0.25) is 5.91 Å². The highest BCUT2D eigenvalue weighted by atomic mass is 16.3. The number of hydrogen-bond acceptors (Lipinski definition) is 4. The van der Waals surface area contributed by atoms with Crippen LogP contribution in [0.5, 0.6) is 0 Å². The molecule has 5 nitrogen and oxygen atoms in total. The molecule has 4 N–H and O–H groups in total. The van der Waals surface area contributed by atoms with Gasteiger partial charge in [-0.25, -0.2) is 0 Å². The monoisotopic (exact) mass is 678 g/mol. The molecule has 284 valence electrons. The van der Waals surface area contributed by atoms with E-state index in [1.165, 1.54) is 167 Å². The predicted molar refractivity (Wildman–Crippen MR) is 208 cm³/mol. The Morgan fingerprint density at radius 2 is 0.875 bits per heavy atom. The van der Waals surface area contributed by atoms with E-state index < -0.39 is 18.2 Å². The molecule has 0 spiro atoms. The van der Waals surface area contributed by atoms with Gasteiger partial charge in [-0.05, 0) is 44.9 Å². The SMILES string of the molecule is CCCCCCCCC/C=C/C(O)C(CO)NC(=O)CC(O)CCCCCCCCCC/C=C\CCCCCCCCCCCCCC. The van der Waals surface area contributed by atoms with Gasteiger partial charge in [0, 0.05) is 0 Å². The number of carbonyl (C=O) groups is 1. The summed E-state index contributed by atoms with van der Waals surface area (Å²) >= 11 is 0. The van der Waals surface area contributed by atoms with Crippen LogP contribution in [-0.4, -0.2) is 46.1 Å². The lowest BCUT2D eigenvalue weighted by Gasteiger charge is -2.21. The third-order valence-electron chi connectivity index (χ3n) is 9.73. The van der Waals surface area contributed by atoms with E-state index in [2.05, 4.69) is 31.3 Å². The van der Waals surface area contributed by atoms with E-state index in [1.54, 1.807) is 6.08 Å². The fraction of sp³-hybridized carbons (Fsp3) is 0.884. The molecule has 0 aromatic carbocycles. The van der Waals surface area contributed by atoms with Crippen LogP contribution in [-0.2, 0) is 4.79 Å². The summed E-state index contributed by atoms with van der Waals surface area (Å²) in [4.78, 5) is 12.4. The summed E-state index contributed by atoms with van der Waals surface area (Å²) in [5, 5.41) is 33.0. The van der Waals surface area contributed by atoms with Gasteiger partial charge in [-0.2, -0.15) is 0 Å². The average molecular weight is 678 g/mol. The van der Waals surface area contributed by atoms with Crippen molar-refractivity contribution >= 4 is 5.91 Å². The number of hydrogen-bond donors (Lipinski definition) is 4. The second-order valence-corrected chi connectivity index (χ2v) is 14.6. The second-order valence-electron chi connectivity index (χ2n) is 14.6. The molecule has 0 aromatic heterocycles. The molecule has 3 unspecified atom stereocenters. The molecule has 0 radical (unpaired) electrons. The van der Waals surface area contributed by atoms with E-state index in [-0.39, 0.29) is 18.9 Å². The van der Waals surface area contributed by atoms with Crippen LogP contribution in [0.2, 0.25) is 0 Å². The van der Waals surface area contributed by atoms with Crippen LogP contribution in [0.15, 0.2) is 24.3 Å². The summed E-state index contributed by atoms with van der Waals surface area (Å²) in [6, 6.07) is -0.741. The Hall–Kier alpha value is -1.17. The highest BCUT2D eigenvalue weighted by molar-refractivity contribution is 5.76. The number of aliphatic hydroxyl groups excluding tert-OH is 3. The number of unbranched alkanes of at least 4 members (excludes halogenated alkanes) is 27. The molecule has 0 heterocycles. The molecule has 3 atom stereocenters. The first-order chi connectivity index (χ1) is 23.5. The Morgan fingerprint density at radius 1 is 0.521 bits per heavy atom. The first kappa shape index (κ1) is 46.8. The van der Waals surface area contributed by atoms with Gasteiger partial charge in [0.05, 0.1) is 31.3 Å².